The lowest BCUT2D eigenvalue weighted by Crippen LogP contribution is -2.11. The van der Waals surface area contributed by atoms with Crippen LogP contribution in [-0.4, -0.2) is 21.1 Å². The van der Waals surface area contributed by atoms with Gasteiger partial charge in [-0.25, -0.2) is 4.98 Å². The van der Waals surface area contributed by atoms with Crippen molar-refractivity contribution in [3.63, 3.8) is 0 Å². The van der Waals surface area contributed by atoms with Crippen LogP contribution in [0.2, 0.25) is 0 Å². The van der Waals surface area contributed by atoms with E-state index in [0.29, 0.717) is 11.3 Å². The third-order valence-electron chi connectivity index (χ3n) is 3.95. The SMILES string of the molecule is O=C(Nc1oc(-c2ccc3ccccc3n2)c(O)c1O)c1ccccc1. The number of hydrogen-bond acceptors (Lipinski definition) is 5. The molecule has 0 bridgehead atoms. The second-order valence-corrected chi connectivity index (χ2v) is 5.67. The molecule has 2 aromatic heterocycles. The smallest absolute Gasteiger partial charge is 0.258 e. The van der Waals surface area contributed by atoms with Gasteiger partial charge in [-0.3, -0.25) is 10.1 Å². The van der Waals surface area contributed by atoms with Gasteiger partial charge in [0.05, 0.1) is 5.52 Å². The third-order valence-corrected chi connectivity index (χ3v) is 3.95. The first-order valence-electron chi connectivity index (χ1n) is 7.91. The van der Waals surface area contributed by atoms with Crippen LogP contribution in [0.5, 0.6) is 11.5 Å². The third kappa shape index (κ3) is 2.73. The minimum Gasteiger partial charge on any atom is -0.501 e. The van der Waals surface area contributed by atoms with Crippen molar-refractivity contribution in [3.05, 3.63) is 72.3 Å². The molecule has 4 aromatic rings. The van der Waals surface area contributed by atoms with E-state index in [2.05, 4.69) is 10.3 Å². The molecule has 0 saturated heterocycles. The number of carbonyl (C=O) groups excluding carboxylic acids is 1. The Morgan fingerprint density at radius 3 is 2.42 bits per heavy atom. The lowest BCUT2D eigenvalue weighted by Gasteiger charge is -2.02. The van der Waals surface area contributed by atoms with Crippen LogP contribution >= 0.6 is 0 Å². The Morgan fingerprint density at radius 1 is 0.885 bits per heavy atom. The van der Waals surface area contributed by atoms with Crippen molar-refractivity contribution in [2.45, 2.75) is 0 Å². The highest BCUT2D eigenvalue weighted by Gasteiger charge is 2.23. The molecule has 0 aliphatic carbocycles. The molecule has 0 unspecified atom stereocenters. The van der Waals surface area contributed by atoms with E-state index in [1.54, 1.807) is 36.4 Å². The molecule has 2 aromatic carbocycles. The summed E-state index contributed by atoms with van der Waals surface area (Å²) in [7, 11) is 0. The van der Waals surface area contributed by atoms with Crippen LogP contribution in [0.1, 0.15) is 10.4 Å². The predicted octanol–water partition coefficient (Wildman–Crippen LogP) is 4.16. The summed E-state index contributed by atoms with van der Waals surface area (Å²) in [5, 5.41) is 23.7. The molecule has 0 aliphatic rings. The zero-order valence-corrected chi connectivity index (χ0v) is 13.5. The van der Waals surface area contributed by atoms with Crippen molar-refractivity contribution in [1.82, 2.24) is 4.98 Å². The molecule has 0 aliphatic heterocycles. The van der Waals surface area contributed by atoms with Crippen LogP contribution in [0.15, 0.2) is 71.1 Å². The molecule has 0 spiro atoms. The summed E-state index contributed by atoms with van der Waals surface area (Å²) in [4.78, 5) is 16.6. The Bertz CT molecular complexity index is 1100. The number of fused-ring (bicyclic) bond motifs is 1. The summed E-state index contributed by atoms with van der Waals surface area (Å²) in [6.45, 7) is 0. The van der Waals surface area contributed by atoms with Crippen molar-refractivity contribution in [2.75, 3.05) is 5.32 Å². The highest BCUT2D eigenvalue weighted by atomic mass is 16.4. The zero-order chi connectivity index (χ0) is 18.1. The van der Waals surface area contributed by atoms with Gasteiger partial charge in [-0.1, -0.05) is 42.5 Å². The number of para-hydroxylation sites is 1. The van der Waals surface area contributed by atoms with Crippen LogP contribution < -0.4 is 5.32 Å². The summed E-state index contributed by atoms with van der Waals surface area (Å²) in [5.74, 6) is -1.74. The van der Waals surface area contributed by atoms with Gasteiger partial charge in [0.15, 0.2) is 0 Å². The number of nitrogens with one attached hydrogen (secondary N) is 1. The summed E-state index contributed by atoms with van der Waals surface area (Å²) in [5.41, 5.74) is 1.46. The first-order chi connectivity index (χ1) is 12.6. The summed E-state index contributed by atoms with van der Waals surface area (Å²) in [6, 6.07) is 19.5. The maximum absolute atomic E-state index is 12.2. The monoisotopic (exact) mass is 346 g/mol. The van der Waals surface area contributed by atoms with E-state index in [-0.39, 0.29) is 11.6 Å². The Hall–Kier alpha value is -3.80. The van der Waals surface area contributed by atoms with Crippen LogP contribution in [0.4, 0.5) is 5.88 Å². The number of anilines is 1. The Labute approximate surface area is 148 Å². The first kappa shape index (κ1) is 15.7. The molecular weight excluding hydrogens is 332 g/mol. The largest absolute Gasteiger partial charge is 0.501 e. The van der Waals surface area contributed by atoms with Crippen molar-refractivity contribution in [3.8, 4) is 23.0 Å². The topological polar surface area (TPSA) is 95.6 Å². The van der Waals surface area contributed by atoms with Gasteiger partial charge in [-0.05, 0) is 24.3 Å². The molecule has 0 fully saturated rings. The number of furan rings is 1. The van der Waals surface area contributed by atoms with Crippen molar-refractivity contribution >= 4 is 22.7 Å². The van der Waals surface area contributed by atoms with E-state index in [4.69, 9.17) is 4.42 Å². The van der Waals surface area contributed by atoms with E-state index in [1.165, 1.54) is 0 Å². The van der Waals surface area contributed by atoms with E-state index in [1.807, 2.05) is 30.3 Å². The Balaban J connectivity index is 1.70. The highest BCUT2D eigenvalue weighted by molar-refractivity contribution is 6.04. The molecule has 1 amide bonds. The Kier molecular flexibility index (Phi) is 3.78. The minimum absolute atomic E-state index is 0.0170. The molecule has 4 rings (SSSR count). The zero-order valence-electron chi connectivity index (χ0n) is 13.5. The van der Waals surface area contributed by atoms with Gasteiger partial charge < -0.3 is 14.6 Å². The van der Waals surface area contributed by atoms with E-state index >= 15 is 0 Å². The highest BCUT2D eigenvalue weighted by Crippen LogP contribution is 2.44. The van der Waals surface area contributed by atoms with Crippen molar-refractivity contribution < 1.29 is 19.4 Å². The molecule has 26 heavy (non-hydrogen) atoms. The fourth-order valence-electron chi connectivity index (χ4n) is 2.63. The predicted molar refractivity (Wildman–Crippen MR) is 97.2 cm³/mol. The molecule has 6 heteroatoms. The second-order valence-electron chi connectivity index (χ2n) is 5.67. The maximum atomic E-state index is 12.2. The number of carbonyl (C=O) groups is 1. The van der Waals surface area contributed by atoms with Gasteiger partial charge in [0, 0.05) is 10.9 Å². The average Bonchev–Trinajstić information content (AvgIpc) is 2.96. The van der Waals surface area contributed by atoms with Gasteiger partial charge >= 0.3 is 0 Å². The Morgan fingerprint density at radius 2 is 1.62 bits per heavy atom. The number of rotatable bonds is 3. The molecule has 0 saturated carbocycles. The van der Waals surface area contributed by atoms with Crippen LogP contribution in [0, 0.1) is 0 Å². The van der Waals surface area contributed by atoms with Crippen molar-refractivity contribution in [2.24, 2.45) is 0 Å². The quantitative estimate of drug-likeness (QED) is 0.518. The summed E-state index contributed by atoms with van der Waals surface area (Å²) >= 11 is 0. The number of nitrogens with zero attached hydrogens (tertiary/aromatic N) is 1. The molecule has 6 nitrogen and oxygen atoms in total. The number of pyridine rings is 1. The van der Waals surface area contributed by atoms with Crippen LogP contribution in [0.3, 0.4) is 0 Å². The lowest BCUT2D eigenvalue weighted by atomic mass is 10.2. The fraction of sp³-hybridized carbons (Fsp3) is 0. The average molecular weight is 346 g/mol. The number of aromatic nitrogens is 1. The normalized spacial score (nSPS) is 10.8. The van der Waals surface area contributed by atoms with E-state index < -0.39 is 17.4 Å². The first-order valence-corrected chi connectivity index (χ1v) is 7.91. The maximum Gasteiger partial charge on any atom is 0.258 e. The van der Waals surface area contributed by atoms with Crippen LogP contribution in [0.25, 0.3) is 22.4 Å². The van der Waals surface area contributed by atoms with Crippen LogP contribution in [-0.2, 0) is 0 Å². The molecular formula is C20H14N2O4. The van der Waals surface area contributed by atoms with Gasteiger partial charge in [0.2, 0.25) is 23.1 Å². The molecule has 2 heterocycles. The van der Waals surface area contributed by atoms with Gasteiger partial charge in [-0.2, -0.15) is 0 Å². The lowest BCUT2D eigenvalue weighted by molar-refractivity contribution is 0.102. The fourth-order valence-corrected chi connectivity index (χ4v) is 2.63. The summed E-state index contributed by atoms with van der Waals surface area (Å²) < 4.78 is 5.48. The second kappa shape index (κ2) is 6.25. The molecule has 128 valence electrons. The van der Waals surface area contributed by atoms with E-state index in [0.717, 1.165) is 10.9 Å². The molecule has 0 atom stereocenters. The van der Waals surface area contributed by atoms with Crippen molar-refractivity contribution in [1.29, 1.82) is 0 Å². The van der Waals surface area contributed by atoms with Gasteiger partial charge in [0.25, 0.3) is 5.91 Å². The number of amides is 1. The molecule has 3 N–H and O–H groups in total. The number of benzene rings is 2. The number of hydrogen-bond donors (Lipinski definition) is 3. The van der Waals surface area contributed by atoms with Gasteiger partial charge in [0.1, 0.15) is 5.69 Å². The summed E-state index contributed by atoms with van der Waals surface area (Å²) in [6.07, 6.45) is 0. The standard InChI is InChI=1S/C20H14N2O4/c23-16-17(24)20(22-19(25)13-7-2-1-3-8-13)26-18(16)15-11-10-12-6-4-5-9-14(12)21-15/h1-11,23-24H,(H,22,25). The minimum atomic E-state index is -0.542. The van der Waals surface area contributed by atoms with E-state index in [9.17, 15) is 15.0 Å². The molecule has 0 radical (unpaired) electrons. The number of aromatic hydroxyl groups is 2. The van der Waals surface area contributed by atoms with Gasteiger partial charge in [-0.15, -0.1) is 0 Å².